The summed E-state index contributed by atoms with van der Waals surface area (Å²) >= 11 is 0. The zero-order valence-electron chi connectivity index (χ0n) is 19.5. The SMILES string of the molecule is Cc1ccc(S(=O)(=O)NCC2CCCN(CC(=O)Nc3c(C#N)cnn3-c3ccccc3)C2)cc1. The Morgan fingerprint density at radius 2 is 1.91 bits per heavy atom. The van der Waals surface area contributed by atoms with E-state index in [1.54, 1.807) is 24.3 Å². The molecule has 2 heterocycles. The van der Waals surface area contributed by atoms with Crippen molar-refractivity contribution in [1.82, 2.24) is 19.4 Å². The molecule has 1 unspecified atom stereocenters. The van der Waals surface area contributed by atoms with Gasteiger partial charge in [0.2, 0.25) is 15.9 Å². The molecule has 1 aliphatic heterocycles. The maximum atomic E-state index is 12.9. The number of aryl methyl sites for hydroxylation is 1. The molecule has 2 aromatic carbocycles. The second kappa shape index (κ2) is 10.8. The third kappa shape index (κ3) is 6.14. The number of nitrogens with one attached hydrogen (secondary N) is 2. The fourth-order valence-electron chi connectivity index (χ4n) is 4.18. The summed E-state index contributed by atoms with van der Waals surface area (Å²) in [6.07, 6.45) is 3.18. The summed E-state index contributed by atoms with van der Waals surface area (Å²) in [7, 11) is -3.58. The van der Waals surface area contributed by atoms with Gasteiger partial charge in [0.15, 0.2) is 5.82 Å². The lowest BCUT2D eigenvalue weighted by Gasteiger charge is -2.32. The third-order valence-corrected chi connectivity index (χ3v) is 7.45. The van der Waals surface area contributed by atoms with Gasteiger partial charge in [-0.1, -0.05) is 35.9 Å². The van der Waals surface area contributed by atoms with Crippen LogP contribution in [0.2, 0.25) is 0 Å². The third-order valence-electron chi connectivity index (χ3n) is 6.01. The van der Waals surface area contributed by atoms with Gasteiger partial charge < -0.3 is 5.32 Å². The minimum Gasteiger partial charge on any atom is -0.308 e. The number of sulfonamides is 1. The Bertz CT molecular complexity index is 1310. The van der Waals surface area contributed by atoms with Crippen molar-refractivity contribution in [3.63, 3.8) is 0 Å². The number of anilines is 1. The molecule has 0 radical (unpaired) electrons. The number of amides is 1. The lowest BCUT2D eigenvalue weighted by molar-refractivity contribution is -0.117. The molecule has 0 spiro atoms. The summed E-state index contributed by atoms with van der Waals surface area (Å²) in [5.74, 6) is 0.185. The Kier molecular flexibility index (Phi) is 7.60. The highest BCUT2D eigenvalue weighted by molar-refractivity contribution is 7.89. The van der Waals surface area contributed by atoms with Crippen LogP contribution in [0.1, 0.15) is 24.0 Å². The lowest BCUT2D eigenvalue weighted by atomic mass is 9.98. The number of nitriles is 1. The van der Waals surface area contributed by atoms with Gasteiger partial charge in [-0.3, -0.25) is 9.69 Å². The van der Waals surface area contributed by atoms with Gasteiger partial charge in [-0.05, 0) is 56.5 Å². The zero-order chi connectivity index (χ0) is 24.8. The number of carbonyl (C=O) groups is 1. The highest BCUT2D eigenvalue weighted by atomic mass is 32.2. The number of benzene rings is 2. The molecule has 1 saturated heterocycles. The lowest BCUT2D eigenvalue weighted by Crippen LogP contribution is -2.44. The predicted octanol–water partition coefficient (Wildman–Crippen LogP) is 2.68. The van der Waals surface area contributed by atoms with Gasteiger partial charge in [0.1, 0.15) is 11.6 Å². The number of nitrogens with zero attached hydrogens (tertiary/aromatic N) is 4. The van der Waals surface area contributed by atoms with Crippen molar-refractivity contribution in [2.45, 2.75) is 24.7 Å². The quantitative estimate of drug-likeness (QED) is 0.499. The molecule has 4 rings (SSSR count). The first-order valence-electron chi connectivity index (χ1n) is 11.5. The van der Waals surface area contributed by atoms with E-state index in [1.807, 2.05) is 42.2 Å². The smallest absolute Gasteiger partial charge is 0.240 e. The van der Waals surface area contributed by atoms with Crippen LogP contribution in [0.15, 0.2) is 65.7 Å². The van der Waals surface area contributed by atoms with E-state index < -0.39 is 10.0 Å². The largest absolute Gasteiger partial charge is 0.308 e. The minimum absolute atomic E-state index is 0.0984. The molecule has 35 heavy (non-hydrogen) atoms. The van der Waals surface area contributed by atoms with Crippen LogP contribution >= 0.6 is 0 Å². The number of hydrogen-bond acceptors (Lipinski definition) is 6. The highest BCUT2D eigenvalue weighted by Gasteiger charge is 2.24. The number of carbonyl (C=O) groups excluding carboxylic acids is 1. The molecule has 182 valence electrons. The number of hydrogen-bond donors (Lipinski definition) is 2. The fourth-order valence-corrected chi connectivity index (χ4v) is 5.30. The van der Waals surface area contributed by atoms with Crippen molar-refractivity contribution < 1.29 is 13.2 Å². The summed E-state index contributed by atoms with van der Waals surface area (Å²) < 4.78 is 29.5. The molecule has 0 saturated carbocycles. The van der Waals surface area contributed by atoms with E-state index in [1.165, 1.54) is 10.9 Å². The van der Waals surface area contributed by atoms with Gasteiger partial charge in [0.25, 0.3) is 0 Å². The maximum absolute atomic E-state index is 12.9. The first-order valence-corrected chi connectivity index (χ1v) is 13.0. The first-order chi connectivity index (χ1) is 16.9. The molecule has 10 heteroatoms. The molecule has 1 amide bonds. The summed E-state index contributed by atoms with van der Waals surface area (Å²) in [5, 5.41) is 16.5. The molecule has 9 nitrogen and oxygen atoms in total. The summed E-state index contributed by atoms with van der Waals surface area (Å²) in [4.78, 5) is 15.1. The van der Waals surface area contributed by atoms with Crippen molar-refractivity contribution in [3.8, 4) is 11.8 Å². The van der Waals surface area contributed by atoms with E-state index >= 15 is 0 Å². The molecular formula is C25H28N6O3S. The van der Waals surface area contributed by atoms with Crippen molar-refractivity contribution in [2.24, 2.45) is 5.92 Å². The van der Waals surface area contributed by atoms with E-state index in [0.29, 0.717) is 18.9 Å². The van der Waals surface area contributed by atoms with Gasteiger partial charge in [-0.25, -0.2) is 17.8 Å². The molecule has 1 fully saturated rings. The number of aromatic nitrogens is 2. The number of likely N-dealkylation sites (tertiary alicyclic amines) is 1. The van der Waals surface area contributed by atoms with Crippen molar-refractivity contribution in [3.05, 3.63) is 71.9 Å². The molecule has 0 aliphatic carbocycles. The maximum Gasteiger partial charge on any atom is 0.240 e. The minimum atomic E-state index is -3.58. The van der Waals surface area contributed by atoms with E-state index in [2.05, 4.69) is 21.2 Å². The average molecular weight is 493 g/mol. The fraction of sp³-hybridized carbons (Fsp3) is 0.320. The summed E-state index contributed by atoms with van der Waals surface area (Å²) in [6.45, 7) is 3.72. The van der Waals surface area contributed by atoms with Crippen molar-refractivity contribution in [1.29, 1.82) is 5.26 Å². The Labute approximate surface area is 205 Å². The second-order valence-corrected chi connectivity index (χ2v) is 10.5. The zero-order valence-corrected chi connectivity index (χ0v) is 20.3. The monoisotopic (exact) mass is 492 g/mol. The van der Waals surface area contributed by atoms with Crippen molar-refractivity contribution >= 4 is 21.7 Å². The van der Waals surface area contributed by atoms with Gasteiger partial charge in [0.05, 0.1) is 23.3 Å². The average Bonchev–Trinajstić information content (AvgIpc) is 3.26. The Morgan fingerprint density at radius 3 is 2.63 bits per heavy atom. The van der Waals surface area contributed by atoms with E-state index in [9.17, 15) is 18.5 Å². The van der Waals surface area contributed by atoms with Crippen molar-refractivity contribution in [2.75, 3.05) is 31.5 Å². The van der Waals surface area contributed by atoms with Gasteiger partial charge >= 0.3 is 0 Å². The molecule has 3 aromatic rings. The Hall–Kier alpha value is -3.52. The van der Waals surface area contributed by atoms with Crippen LogP contribution in [0.4, 0.5) is 5.82 Å². The number of rotatable bonds is 8. The number of para-hydroxylation sites is 1. The van der Waals surface area contributed by atoms with Crippen LogP contribution in [0.25, 0.3) is 5.69 Å². The van der Waals surface area contributed by atoms with Gasteiger partial charge in [0, 0.05) is 13.1 Å². The normalized spacial score (nSPS) is 16.5. The van der Waals surface area contributed by atoms with Gasteiger partial charge in [-0.15, -0.1) is 0 Å². The van der Waals surface area contributed by atoms with Crippen LogP contribution in [-0.4, -0.2) is 55.2 Å². The van der Waals surface area contributed by atoms with Crippen LogP contribution in [0.3, 0.4) is 0 Å². The Balaban J connectivity index is 1.35. The topological polar surface area (TPSA) is 120 Å². The summed E-state index contributed by atoms with van der Waals surface area (Å²) in [5.41, 5.74) is 2.02. The van der Waals surface area contributed by atoms with Crippen LogP contribution in [-0.2, 0) is 14.8 Å². The van der Waals surface area contributed by atoms with Crippen LogP contribution in [0.5, 0.6) is 0 Å². The van der Waals surface area contributed by atoms with E-state index in [0.717, 1.165) is 30.6 Å². The van der Waals surface area contributed by atoms with Crippen LogP contribution in [0, 0.1) is 24.2 Å². The van der Waals surface area contributed by atoms with E-state index in [-0.39, 0.29) is 28.8 Å². The molecule has 0 bridgehead atoms. The standard InChI is InChI=1S/C25H28N6O3S/c1-19-9-11-23(12-10-19)35(33,34)28-15-20-6-5-13-30(17-20)18-24(32)29-25-21(14-26)16-27-31(25)22-7-3-2-4-8-22/h2-4,7-12,16,20,28H,5-6,13,15,17-18H2,1H3,(H,29,32). The molecule has 1 aliphatic rings. The first kappa shape index (κ1) is 24.6. The number of piperidine rings is 1. The van der Waals surface area contributed by atoms with Gasteiger partial charge in [-0.2, -0.15) is 10.4 Å². The molecule has 2 N–H and O–H groups in total. The summed E-state index contributed by atoms with van der Waals surface area (Å²) in [6, 6.07) is 18.1. The highest BCUT2D eigenvalue weighted by Crippen LogP contribution is 2.21. The van der Waals surface area contributed by atoms with Crippen LogP contribution < -0.4 is 10.0 Å². The Morgan fingerprint density at radius 1 is 1.17 bits per heavy atom. The second-order valence-electron chi connectivity index (χ2n) is 8.72. The molecule has 1 atom stereocenters. The predicted molar refractivity (Wildman–Crippen MR) is 132 cm³/mol. The molecular weight excluding hydrogens is 464 g/mol. The molecule has 1 aromatic heterocycles. The van der Waals surface area contributed by atoms with E-state index in [4.69, 9.17) is 0 Å².